The number of anilines is 2. The third-order valence-electron chi connectivity index (χ3n) is 2.89. The molecule has 0 spiro atoms. The van der Waals surface area contributed by atoms with Crippen LogP contribution >= 0.6 is 0 Å². The van der Waals surface area contributed by atoms with E-state index in [1.165, 1.54) is 0 Å². The lowest BCUT2D eigenvalue weighted by molar-refractivity contribution is 1.10. The minimum atomic E-state index is -0.552. The smallest absolute Gasteiger partial charge is 0.0559 e. The monoisotopic (exact) mass is 228 g/mol. The fourth-order valence-electron chi connectivity index (χ4n) is 2.06. The molecule has 1 aliphatic rings. The van der Waals surface area contributed by atoms with Crippen molar-refractivity contribution in [2.75, 3.05) is 11.9 Å². The van der Waals surface area contributed by atoms with Gasteiger partial charge in [-0.15, -0.1) is 0 Å². The lowest BCUT2D eigenvalue weighted by Crippen LogP contribution is -2.18. The molecule has 3 heteroatoms. The molecule has 0 fully saturated rings. The molecular formula is C13H12N2S. The van der Waals surface area contributed by atoms with Crippen LogP contribution in [0, 0.1) is 4.78 Å². The Kier molecular flexibility index (Phi) is 2.07. The van der Waals surface area contributed by atoms with Crippen LogP contribution in [0.15, 0.2) is 58.3 Å². The molecule has 0 aliphatic carbocycles. The molecule has 2 aromatic carbocycles. The molecule has 3 rings (SSSR count). The van der Waals surface area contributed by atoms with Crippen molar-refractivity contribution in [3.05, 3.63) is 48.5 Å². The molecule has 0 unspecified atom stereocenters. The Hall–Kier alpha value is -1.61. The predicted molar refractivity (Wildman–Crippen MR) is 67.6 cm³/mol. The van der Waals surface area contributed by atoms with Gasteiger partial charge in [0.05, 0.1) is 11.4 Å². The first kappa shape index (κ1) is 9.60. The molecule has 2 nitrogen and oxygen atoms in total. The van der Waals surface area contributed by atoms with Gasteiger partial charge in [-0.1, -0.05) is 24.3 Å². The Morgan fingerprint density at radius 3 is 1.81 bits per heavy atom. The van der Waals surface area contributed by atoms with E-state index in [0.717, 1.165) is 21.2 Å². The second-order valence-corrected chi connectivity index (χ2v) is 5.29. The number of para-hydroxylation sites is 2. The topological polar surface area (TPSA) is 27.1 Å². The largest absolute Gasteiger partial charge is 0.343 e. The minimum Gasteiger partial charge on any atom is -0.343 e. The van der Waals surface area contributed by atoms with E-state index in [1.54, 1.807) is 0 Å². The van der Waals surface area contributed by atoms with Crippen molar-refractivity contribution in [1.82, 2.24) is 0 Å². The number of hydrogen-bond acceptors (Lipinski definition) is 2. The third kappa shape index (κ3) is 1.21. The van der Waals surface area contributed by atoms with Crippen molar-refractivity contribution in [3.8, 4) is 0 Å². The van der Waals surface area contributed by atoms with E-state index in [0.29, 0.717) is 0 Å². The van der Waals surface area contributed by atoms with Gasteiger partial charge in [-0.05, 0) is 35.0 Å². The number of nitrogens with one attached hydrogen (secondary N) is 1. The third-order valence-corrected chi connectivity index (χ3v) is 4.46. The molecule has 2 aromatic rings. The van der Waals surface area contributed by atoms with E-state index >= 15 is 0 Å². The van der Waals surface area contributed by atoms with Gasteiger partial charge in [-0.3, -0.25) is 4.78 Å². The Morgan fingerprint density at radius 2 is 1.31 bits per heavy atom. The second-order valence-electron chi connectivity index (χ2n) is 3.80. The van der Waals surface area contributed by atoms with Gasteiger partial charge in [0.1, 0.15) is 0 Å². The zero-order chi connectivity index (χ0) is 11.1. The van der Waals surface area contributed by atoms with Crippen LogP contribution < -0.4 is 4.90 Å². The maximum atomic E-state index is 8.33. The van der Waals surface area contributed by atoms with Gasteiger partial charge in [-0.2, -0.15) is 0 Å². The summed E-state index contributed by atoms with van der Waals surface area (Å²) in [7, 11) is 1.51. The summed E-state index contributed by atoms with van der Waals surface area (Å²) in [5.74, 6) is 0. The maximum Gasteiger partial charge on any atom is 0.0559 e. The lowest BCUT2D eigenvalue weighted by Gasteiger charge is -2.30. The van der Waals surface area contributed by atoms with E-state index in [2.05, 4.69) is 36.2 Å². The molecule has 1 aliphatic heterocycles. The van der Waals surface area contributed by atoms with E-state index in [9.17, 15) is 0 Å². The van der Waals surface area contributed by atoms with Crippen LogP contribution in [0.3, 0.4) is 0 Å². The Morgan fingerprint density at radius 1 is 0.875 bits per heavy atom. The minimum absolute atomic E-state index is 0.552. The van der Waals surface area contributed by atoms with Gasteiger partial charge in [0, 0.05) is 16.8 Å². The molecule has 0 aromatic heterocycles. The van der Waals surface area contributed by atoms with Crippen molar-refractivity contribution in [1.29, 1.82) is 4.78 Å². The summed E-state index contributed by atoms with van der Waals surface area (Å²) in [5, 5.41) is 0. The first-order valence-electron chi connectivity index (χ1n) is 5.16. The second kappa shape index (κ2) is 3.46. The van der Waals surface area contributed by atoms with Gasteiger partial charge in [-0.25, -0.2) is 0 Å². The van der Waals surface area contributed by atoms with Crippen LogP contribution in [-0.2, 0) is 10.7 Å². The summed E-state index contributed by atoms with van der Waals surface area (Å²) in [4.78, 5) is 4.40. The highest BCUT2D eigenvalue weighted by Gasteiger charge is 2.22. The standard InChI is InChI=1S/C13H12N2S/c1-15-10-6-2-4-8-12(10)16(14)13-9-5-3-7-11(13)15/h2-9,14H,1H3. The quantitative estimate of drug-likeness (QED) is 0.733. The zero-order valence-corrected chi connectivity index (χ0v) is 9.79. The van der Waals surface area contributed by atoms with Crippen molar-refractivity contribution in [2.45, 2.75) is 9.79 Å². The molecule has 0 radical (unpaired) electrons. The van der Waals surface area contributed by atoms with Gasteiger partial charge in [0.25, 0.3) is 0 Å². The number of benzene rings is 2. The fraction of sp³-hybridized carbons (Fsp3) is 0.0769. The highest BCUT2D eigenvalue weighted by atomic mass is 32.2. The van der Waals surface area contributed by atoms with Crippen LogP contribution in [-0.4, -0.2) is 7.05 Å². The molecule has 1 N–H and O–H groups in total. The SMILES string of the molecule is CN1c2ccccc2S(=N)c2ccccc21. The number of hydrogen-bond donors (Lipinski definition) is 1. The number of nitrogens with zero attached hydrogens (tertiary/aromatic N) is 1. The average molecular weight is 228 g/mol. The summed E-state index contributed by atoms with van der Waals surface area (Å²) in [6.07, 6.45) is 0. The molecule has 0 saturated carbocycles. The maximum absolute atomic E-state index is 8.33. The van der Waals surface area contributed by atoms with E-state index < -0.39 is 10.7 Å². The van der Waals surface area contributed by atoms with Crippen LogP contribution in [0.2, 0.25) is 0 Å². The molecule has 80 valence electrons. The first-order valence-corrected chi connectivity index (χ1v) is 6.39. The summed E-state index contributed by atoms with van der Waals surface area (Å²) in [6, 6.07) is 16.3. The molecule has 16 heavy (non-hydrogen) atoms. The highest BCUT2D eigenvalue weighted by Crippen LogP contribution is 2.40. The van der Waals surface area contributed by atoms with E-state index in [-0.39, 0.29) is 0 Å². The van der Waals surface area contributed by atoms with Crippen molar-refractivity contribution in [2.24, 2.45) is 0 Å². The van der Waals surface area contributed by atoms with Gasteiger partial charge in [0.2, 0.25) is 0 Å². The van der Waals surface area contributed by atoms with Crippen molar-refractivity contribution < 1.29 is 0 Å². The van der Waals surface area contributed by atoms with Crippen LogP contribution in [0.4, 0.5) is 11.4 Å². The normalized spacial score (nSPS) is 14.4. The highest BCUT2D eigenvalue weighted by molar-refractivity contribution is 7.86. The van der Waals surface area contributed by atoms with E-state index in [1.807, 2.05) is 24.3 Å². The lowest BCUT2D eigenvalue weighted by atomic mass is 10.2. The molecule has 0 saturated heterocycles. The Balaban J connectivity index is 2.30. The van der Waals surface area contributed by atoms with Gasteiger partial charge >= 0.3 is 0 Å². The molecule has 0 atom stereocenters. The van der Waals surface area contributed by atoms with Crippen molar-refractivity contribution in [3.63, 3.8) is 0 Å². The fourth-order valence-corrected chi connectivity index (χ4v) is 3.56. The predicted octanol–water partition coefficient (Wildman–Crippen LogP) is 3.57. The van der Waals surface area contributed by atoms with Crippen LogP contribution in [0.25, 0.3) is 0 Å². The van der Waals surface area contributed by atoms with Crippen LogP contribution in [0.1, 0.15) is 0 Å². The summed E-state index contributed by atoms with van der Waals surface area (Å²) in [6.45, 7) is 0. The molecule has 0 amide bonds. The summed E-state index contributed by atoms with van der Waals surface area (Å²) >= 11 is 0. The molecule has 0 bridgehead atoms. The molecule has 1 heterocycles. The summed E-state index contributed by atoms with van der Waals surface area (Å²) < 4.78 is 8.33. The summed E-state index contributed by atoms with van der Waals surface area (Å²) in [5.41, 5.74) is 2.30. The van der Waals surface area contributed by atoms with E-state index in [4.69, 9.17) is 4.78 Å². The first-order chi connectivity index (χ1) is 7.79. The Labute approximate surface area is 97.4 Å². The average Bonchev–Trinajstić information content (AvgIpc) is 2.36. The molecular weight excluding hydrogens is 216 g/mol. The number of rotatable bonds is 0. The zero-order valence-electron chi connectivity index (χ0n) is 8.97. The number of fused-ring (bicyclic) bond motifs is 2. The van der Waals surface area contributed by atoms with Gasteiger partial charge < -0.3 is 4.90 Å². The van der Waals surface area contributed by atoms with Crippen molar-refractivity contribution >= 4 is 22.1 Å². The van der Waals surface area contributed by atoms with Crippen LogP contribution in [0.5, 0.6) is 0 Å². The Bertz CT molecular complexity index is 528. The van der Waals surface area contributed by atoms with Gasteiger partial charge in [0.15, 0.2) is 0 Å².